The first-order valence-corrected chi connectivity index (χ1v) is 5.48. The summed E-state index contributed by atoms with van der Waals surface area (Å²) in [6, 6.07) is 1.39. The molecule has 1 rings (SSSR count). The zero-order valence-corrected chi connectivity index (χ0v) is 10.7. The topological polar surface area (TPSA) is 27.1 Å². The van der Waals surface area contributed by atoms with E-state index in [0.29, 0.717) is 11.3 Å². The van der Waals surface area contributed by atoms with Crippen molar-refractivity contribution in [2.75, 3.05) is 6.61 Å². The lowest BCUT2D eigenvalue weighted by Gasteiger charge is -2.25. The van der Waals surface area contributed by atoms with E-state index >= 15 is 0 Å². The van der Waals surface area contributed by atoms with Crippen molar-refractivity contribution in [3.8, 4) is 5.88 Å². The van der Waals surface area contributed by atoms with Gasteiger partial charge >= 0.3 is 9.84 Å². The highest BCUT2D eigenvalue weighted by Gasteiger charge is 2.53. The molecule has 0 saturated heterocycles. The molecule has 1 aromatic rings. The first kappa shape index (κ1) is 13.8. The Morgan fingerprint density at radius 3 is 2.44 bits per heavy atom. The Balaban J connectivity index is 3.13. The SMILES string of the molecule is CCOc1cc(C)n(C(F)(Cl)C(F)(Cl)Cl)n1. The summed E-state index contributed by atoms with van der Waals surface area (Å²) in [5, 5.41) is 0.417. The van der Waals surface area contributed by atoms with Crippen LogP contribution in [0.4, 0.5) is 8.78 Å². The molecule has 3 nitrogen and oxygen atoms in total. The Bertz CT molecular complexity index is 376. The molecule has 92 valence electrons. The summed E-state index contributed by atoms with van der Waals surface area (Å²) in [5.41, 5.74) is 0.226. The van der Waals surface area contributed by atoms with Crippen molar-refractivity contribution in [1.29, 1.82) is 0 Å². The van der Waals surface area contributed by atoms with Crippen molar-refractivity contribution in [3.05, 3.63) is 11.8 Å². The second-order valence-electron chi connectivity index (χ2n) is 3.01. The first-order valence-electron chi connectivity index (χ1n) is 4.34. The van der Waals surface area contributed by atoms with E-state index in [1.165, 1.54) is 13.0 Å². The number of aromatic nitrogens is 2. The molecule has 0 saturated carbocycles. The zero-order valence-electron chi connectivity index (χ0n) is 8.48. The Kier molecular flexibility index (Phi) is 3.92. The smallest absolute Gasteiger partial charge is 0.340 e. The summed E-state index contributed by atoms with van der Waals surface area (Å²) in [4.78, 5) is 0. The minimum absolute atomic E-state index is 0.111. The molecule has 0 aliphatic heterocycles. The van der Waals surface area contributed by atoms with Crippen LogP contribution < -0.4 is 4.74 Å². The van der Waals surface area contributed by atoms with Gasteiger partial charge in [0.05, 0.1) is 6.61 Å². The van der Waals surface area contributed by atoms with Crippen molar-refractivity contribution in [3.63, 3.8) is 0 Å². The van der Waals surface area contributed by atoms with Crippen LogP contribution in [0.15, 0.2) is 6.07 Å². The van der Waals surface area contributed by atoms with Gasteiger partial charge in [-0.2, -0.15) is 4.39 Å². The van der Waals surface area contributed by atoms with Crippen LogP contribution in [-0.4, -0.2) is 21.0 Å². The van der Waals surface area contributed by atoms with E-state index in [-0.39, 0.29) is 11.6 Å². The van der Waals surface area contributed by atoms with Crippen molar-refractivity contribution >= 4 is 34.8 Å². The molecular formula is C8H9Cl3F2N2O. The number of rotatable bonds is 4. The van der Waals surface area contributed by atoms with E-state index in [1.54, 1.807) is 6.92 Å². The fraction of sp³-hybridized carbons (Fsp3) is 0.625. The Labute approximate surface area is 106 Å². The van der Waals surface area contributed by atoms with Gasteiger partial charge in [0.25, 0.3) is 0 Å². The van der Waals surface area contributed by atoms with Gasteiger partial charge in [0, 0.05) is 11.8 Å². The average molecular weight is 294 g/mol. The van der Waals surface area contributed by atoms with E-state index in [9.17, 15) is 8.78 Å². The molecule has 0 radical (unpaired) electrons. The van der Waals surface area contributed by atoms with E-state index in [4.69, 9.17) is 39.5 Å². The van der Waals surface area contributed by atoms with Crippen molar-refractivity contribution < 1.29 is 13.5 Å². The standard InChI is InChI=1S/C8H9Cl3F2N2O/c1-3-16-6-4-5(2)15(14-6)8(11,13)7(9,10)12/h4H,3H2,1-2H3. The molecule has 0 amide bonds. The predicted octanol–water partition coefficient (Wildman–Crippen LogP) is 3.51. The van der Waals surface area contributed by atoms with E-state index in [2.05, 4.69) is 5.10 Å². The highest BCUT2D eigenvalue weighted by molar-refractivity contribution is 6.51. The van der Waals surface area contributed by atoms with Crippen molar-refractivity contribution in [1.82, 2.24) is 9.78 Å². The number of hydrogen-bond donors (Lipinski definition) is 0. The van der Waals surface area contributed by atoms with Crippen LogP contribution in [0.25, 0.3) is 0 Å². The van der Waals surface area contributed by atoms with Gasteiger partial charge in [0.2, 0.25) is 5.88 Å². The molecule has 0 aliphatic rings. The van der Waals surface area contributed by atoms with Crippen molar-refractivity contribution in [2.45, 2.75) is 23.7 Å². The van der Waals surface area contributed by atoms with Crippen LogP contribution in [0.1, 0.15) is 12.6 Å². The fourth-order valence-corrected chi connectivity index (χ4v) is 1.40. The maximum absolute atomic E-state index is 13.8. The molecule has 1 heterocycles. The lowest BCUT2D eigenvalue weighted by atomic mass is 10.4. The van der Waals surface area contributed by atoms with Crippen LogP contribution in [0, 0.1) is 6.92 Å². The summed E-state index contributed by atoms with van der Waals surface area (Å²) in [6.07, 6.45) is 0. The van der Waals surface area contributed by atoms with Crippen LogP contribution in [0.2, 0.25) is 0 Å². The van der Waals surface area contributed by atoms with Crippen LogP contribution in [0.5, 0.6) is 5.88 Å². The fourth-order valence-electron chi connectivity index (χ4n) is 1.07. The maximum Gasteiger partial charge on any atom is 0.340 e. The molecule has 1 atom stereocenters. The predicted molar refractivity (Wildman–Crippen MR) is 58.6 cm³/mol. The van der Waals surface area contributed by atoms with Crippen LogP contribution in [0.3, 0.4) is 0 Å². The number of aryl methyl sites for hydroxylation is 1. The van der Waals surface area contributed by atoms with E-state index < -0.39 is 9.84 Å². The second kappa shape index (κ2) is 4.55. The lowest BCUT2D eigenvalue weighted by Crippen LogP contribution is -2.38. The number of halogens is 5. The number of alkyl halides is 5. The van der Waals surface area contributed by atoms with E-state index in [1.807, 2.05) is 0 Å². The third-order valence-corrected chi connectivity index (χ3v) is 2.88. The van der Waals surface area contributed by atoms with Crippen LogP contribution in [-0.2, 0) is 5.25 Å². The molecule has 8 heteroatoms. The quantitative estimate of drug-likeness (QED) is 0.794. The van der Waals surface area contributed by atoms with Gasteiger partial charge in [-0.1, -0.05) is 34.8 Å². The number of hydrogen-bond acceptors (Lipinski definition) is 2. The lowest BCUT2D eigenvalue weighted by molar-refractivity contribution is 0.0663. The first-order chi connectivity index (χ1) is 7.20. The van der Waals surface area contributed by atoms with Gasteiger partial charge in [-0.25, -0.2) is 9.07 Å². The minimum Gasteiger partial charge on any atom is -0.477 e. The zero-order chi connectivity index (χ0) is 12.6. The second-order valence-corrected chi connectivity index (χ2v) is 4.74. The molecule has 16 heavy (non-hydrogen) atoms. The summed E-state index contributed by atoms with van der Waals surface area (Å²) in [7, 11) is 0. The molecule has 1 aromatic heterocycles. The molecule has 0 aromatic carbocycles. The Hall–Kier alpha value is -0.260. The molecule has 0 aliphatic carbocycles. The molecule has 0 spiro atoms. The molecule has 0 fully saturated rings. The maximum atomic E-state index is 13.8. The Morgan fingerprint density at radius 1 is 1.44 bits per heavy atom. The average Bonchev–Trinajstić information content (AvgIpc) is 2.46. The van der Waals surface area contributed by atoms with Crippen LogP contribution >= 0.6 is 34.8 Å². The summed E-state index contributed by atoms with van der Waals surface area (Å²) >= 11 is 15.3. The number of ether oxygens (including phenoxy) is 1. The third-order valence-electron chi connectivity index (χ3n) is 1.76. The summed E-state index contributed by atoms with van der Waals surface area (Å²) in [5.74, 6) is 0.111. The molecule has 1 unspecified atom stereocenters. The van der Waals surface area contributed by atoms with Gasteiger partial charge in [-0.15, -0.1) is 5.10 Å². The summed E-state index contributed by atoms with van der Waals surface area (Å²) in [6.45, 7) is 3.52. The van der Waals surface area contributed by atoms with Gasteiger partial charge in [-0.3, -0.25) is 0 Å². The highest BCUT2D eigenvalue weighted by Crippen LogP contribution is 2.46. The Morgan fingerprint density at radius 2 is 2.00 bits per heavy atom. The van der Waals surface area contributed by atoms with Crippen molar-refractivity contribution in [2.24, 2.45) is 0 Å². The number of nitrogens with zero attached hydrogens (tertiary/aromatic N) is 2. The molecule has 0 N–H and O–H groups in total. The van der Waals surface area contributed by atoms with Gasteiger partial charge in [0.1, 0.15) is 0 Å². The van der Waals surface area contributed by atoms with Gasteiger partial charge < -0.3 is 4.74 Å². The summed E-state index contributed by atoms with van der Waals surface area (Å²) < 4.78 is 29.2. The normalized spacial score (nSPS) is 15.9. The molecule has 0 bridgehead atoms. The monoisotopic (exact) mass is 292 g/mol. The third kappa shape index (κ3) is 2.52. The largest absolute Gasteiger partial charge is 0.477 e. The molecular weight excluding hydrogens is 284 g/mol. The van der Waals surface area contributed by atoms with E-state index in [0.717, 1.165) is 0 Å². The van der Waals surface area contributed by atoms with Gasteiger partial charge in [-0.05, 0) is 13.8 Å². The minimum atomic E-state index is -3.31. The van der Waals surface area contributed by atoms with Gasteiger partial charge in [0.15, 0.2) is 0 Å². The highest BCUT2D eigenvalue weighted by atomic mass is 35.5.